The minimum absolute atomic E-state index is 0.138. The highest BCUT2D eigenvalue weighted by Gasteiger charge is 2.20. The van der Waals surface area contributed by atoms with Crippen molar-refractivity contribution in [3.8, 4) is 0 Å². The van der Waals surface area contributed by atoms with Gasteiger partial charge in [-0.2, -0.15) is 0 Å². The Hall–Kier alpha value is -1.10. The first kappa shape index (κ1) is 19.9. The Morgan fingerprint density at radius 2 is 1.65 bits per heavy atom. The van der Waals surface area contributed by atoms with Gasteiger partial charge in [0.25, 0.3) is 0 Å². The van der Waals surface area contributed by atoms with Gasteiger partial charge in [-0.25, -0.2) is 0 Å². The first-order valence-corrected chi connectivity index (χ1v) is 9.15. The number of hydrogen-bond donors (Lipinski definition) is 1. The second kappa shape index (κ2) is 10.6. The van der Waals surface area contributed by atoms with E-state index >= 15 is 0 Å². The Morgan fingerprint density at radius 3 is 2.22 bits per heavy atom. The molecular formula is C18H35N3O2. The highest BCUT2D eigenvalue weighted by molar-refractivity contribution is 5.76. The average molecular weight is 325 g/mol. The number of rotatable bonds is 9. The van der Waals surface area contributed by atoms with Gasteiger partial charge in [0.1, 0.15) is 0 Å². The molecule has 2 amide bonds. The maximum atomic E-state index is 12.1. The topological polar surface area (TPSA) is 52.7 Å². The lowest BCUT2D eigenvalue weighted by Gasteiger charge is -2.34. The van der Waals surface area contributed by atoms with E-state index < -0.39 is 0 Å². The fourth-order valence-electron chi connectivity index (χ4n) is 2.84. The van der Waals surface area contributed by atoms with Gasteiger partial charge in [-0.15, -0.1) is 0 Å². The normalized spacial score (nSPS) is 16.2. The largest absolute Gasteiger partial charge is 0.355 e. The van der Waals surface area contributed by atoms with Gasteiger partial charge < -0.3 is 10.2 Å². The number of carbonyl (C=O) groups is 2. The maximum absolute atomic E-state index is 12.1. The Balaban J connectivity index is 2.13. The van der Waals surface area contributed by atoms with Crippen molar-refractivity contribution in [1.29, 1.82) is 0 Å². The lowest BCUT2D eigenvalue weighted by Crippen LogP contribution is -2.50. The summed E-state index contributed by atoms with van der Waals surface area (Å²) in [4.78, 5) is 28.1. The van der Waals surface area contributed by atoms with E-state index in [9.17, 15) is 9.59 Å². The van der Waals surface area contributed by atoms with E-state index in [0.717, 1.165) is 45.6 Å². The van der Waals surface area contributed by atoms with Crippen molar-refractivity contribution < 1.29 is 9.59 Å². The highest BCUT2D eigenvalue weighted by atomic mass is 16.2. The van der Waals surface area contributed by atoms with Gasteiger partial charge >= 0.3 is 0 Å². The van der Waals surface area contributed by atoms with Crippen LogP contribution in [0.1, 0.15) is 53.4 Å². The monoisotopic (exact) mass is 325 g/mol. The first-order chi connectivity index (χ1) is 10.9. The van der Waals surface area contributed by atoms with Crippen molar-refractivity contribution in [2.24, 2.45) is 11.8 Å². The molecule has 134 valence electrons. The molecular weight excluding hydrogens is 290 g/mol. The Kier molecular flexibility index (Phi) is 9.22. The van der Waals surface area contributed by atoms with Crippen LogP contribution in [0.4, 0.5) is 0 Å². The van der Waals surface area contributed by atoms with E-state index in [4.69, 9.17) is 0 Å². The number of piperazine rings is 1. The van der Waals surface area contributed by atoms with Crippen LogP contribution in [0.5, 0.6) is 0 Å². The van der Waals surface area contributed by atoms with Crippen LogP contribution in [0, 0.1) is 11.8 Å². The molecule has 1 heterocycles. The summed E-state index contributed by atoms with van der Waals surface area (Å²) in [6, 6.07) is 0. The van der Waals surface area contributed by atoms with E-state index in [1.54, 1.807) is 0 Å². The van der Waals surface area contributed by atoms with E-state index in [2.05, 4.69) is 37.9 Å². The van der Waals surface area contributed by atoms with Crippen LogP contribution in [0.15, 0.2) is 0 Å². The van der Waals surface area contributed by atoms with Crippen molar-refractivity contribution in [3.05, 3.63) is 0 Å². The fraction of sp³-hybridized carbons (Fsp3) is 0.889. The molecule has 0 radical (unpaired) electrons. The van der Waals surface area contributed by atoms with Crippen LogP contribution in [-0.2, 0) is 9.59 Å². The maximum Gasteiger partial charge on any atom is 0.222 e. The predicted molar refractivity (Wildman–Crippen MR) is 94.2 cm³/mol. The third-order valence-corrected chi connectivity index (χ3v) is 4.24. The van der Waals surface area contributed by atoms with Gasteiger partial charge in [0, 0.05) is 52.1 Å². The van der Waals surface area contributed by atoms with E-state index in [1.165, 1.54) is 0 Å². The van der Waals surface area contributed by atoms with Gasteiger partial charge in [-0.1, -0.05) is 34.1 Å². The zero-order chi connectivity index (χ0) is 17.2. The zero-order valence-electron chi connectivity index (χ0n) is 15.4. The van der Waals surface area contributed by atoms with Gasteiger partial charge in [0.15, 0.2) is 0 Å². The van der Waals surface area contributed by atoms with Crippen LogP contribution in [0.25, 0.3) is 0 Å². The molecule has 1 rings (SSSR count). The molecule has 0 aromatic heterocycles. The summed E-state index contributed by atoms with van der Waals surface area (Å²) in [6.07, 6.45) is 3.41. The lowest BCUT2D eigenvalue weighted by molar-refractivity contribution is -0.133. The van der Waals surface area contributed by atoms with Crippen molar-refractivity contribution in [2.75, 3.05) is 39.3 Å². The summed E-state index contributed by atoms with van der Waals surface area (Å²) in [5.41, 5.74) is 0. The molecule has 0 aliphatic carbocycles. The number of hydrogen-bond acceptors (Lipinski definition) is 3. The van der Waals surface area contributed by atoms with Gasteiger partial charge in [0.2, 0.25) is 11.8 Å². The predicted octanol–water partition coefficient (Wildman–Crippen LogP) is 2.12. The number of carbonyl (C=O) groups excluding carboxylic acids is 2. The second-order valence-electron chi connectivity index (χ2n) is 7.46. The average Bonchev–Trinajstić information content (AvgIpc) is 2.46. The minimum Gasteiger partial charge on any atom is -0.355 e. The summed E-state index contributed by atoms with van der Waals surface area (Å²) < 4.78 is 0. The number of amides is 2. The molecule has 0 aromatic carbocycles. The molecule has 0 saturated carbocycles. The molecule has 1 aliphatic heterocycles. The van der Waals surface area contributed by atoms with Gasteiger partial charge in [-0.3, -0.25) is 14.5 Å². The molecule has 0 aromatic rings. The highest BCUT2D eigenvalue weighted by Crippen LogP contribution is 2.10. The molecule has 0 spiro atoms. The van der Waals surface area contributed by atoms with Crippen molar-refractivity contribution in [2.45, 2.75) is 53.4 Å². The van der Waals surface area contributed by atoms with Crippen molar-refractivity contribution in [1.82, 2.24) is 15.1 Å². The standard InChI is InChI=1S/C18H35N3O2/c1-15(2)6-5-7-18(23)21-12-10-20(11-13-21)9-8-19-17(22)14-16(3)4/h15-16H,5-14H2,1-4H3,(H,19,22). The number of nitrogens with zero attached hydrogens (tertiary/aromatic N) is 2. The molecule has 0 unspecified atom stereocenters. The van der Waals surface area contributed by atoms with E-state index in [-0.39, 0.29) is 5.91 Å². The van der Waals surface area contributed by atoms with Crippen molar-refractivity contribution >= 4 is 11.8 Å². The molecule has 1 aliphatic rings. The first-order valence-electron chi connectivity index (χ1n) is 9.15. The summed E-state index contributed by atoms with van der Waals surface area (Å²) >= 11 is 0. The Bertz CT molecular complexity index is 361. The van der Waals surface area contributed by atoms with Crippen LogP contribution in [0.3, 0.4) is 0 Å². The SMILES string of the molecule is CC(C)CCCC(=O)N1CCN(CCNC(=O)CC(C)C)CC1. The van der Waals surface area contributed by atoms with Gasteiger partial charge in [-0.05, 0) is 18.3 Å². The van der Waals surface area contributed by atoms with Crippen LogP contribution in [-0.4, -0.2) is 60.9 Å². The minimum atomic E-state index is 0.138. The summed E-state index contributed by atoms with van der Waals surface area (Å²) in [5.74, 6) is 1.51. The third kappa shape index (κ3) is 8.94. The van der Waals surface area contributed by atoms with E-state index in [1.807, 2.05) is 4.90 Å². The van der Waals surface area contributed by atoms with Gasteiger partial charge in [0.05, 0.1) is 0 Å². The molecule has 1 N–H and O–H groups in total. The Morgan fingerprint density at radius 1 is 1.00 bits per heavy atom. The number of nitrogens with one attached hydrogen (secondary N) is 1. The summed E-state index contributed by atoms with van der Waals surface area (Å²) in [5, 5.41) is 2.97. The molecule has 0 bridgehead atoms. The molecule has 5 heteroatoms. The third-order valence-electron chi connectivity index (χ3n) is 4.24. The molecule has 0 atom stereocenters. The van der Waals surface area contributed by atoms with Crippen LogP contribution < -0.4 is 5.32 Å². The molecule has 5 nitrogen and oxygen atoms in total. The summed E-state index contributed by atoms with van der Waals surface area (Å²) in [6.45, 7) is 13.5. The Labute approximate surface area is 141 Å². The summed E-state index contributed by atoms with van der Waals surface area (Å²) in [7, 11) is 0. The quantitative estimate of drug-likeness (QED) is 0.706. The smallest absolute Gasteiger partial charge is 0.222 e. The molecule has 1 fully saturated rings. The second-order valence-corrected chi connectivity index (χ2v) is 7.46. The lowest BCUT2D eigenvalue weighted by atomic mass is 10.1. The van der Waals surface area contributed by atoms with Crippen LogP contribution in [0.2, 0.25) is 0 Å². The van der Waals surface area contributed by atoms with Crippen LogP contribution >= 0.6 is 0 Å². The molecule has 1 saturated heterocycles. The molecule has 23 heavy (non-hydrogen) atoms. The zero-order valence-corrected chi connectivity index (χ0v) is 15.4. The van der Waals surface area contributed by atoms with E-state index in [0.29, 0.717) is 37.1 Å². The fourth-order valence-corrected chi connectivity index (χ4v) is 2.84. The van der Waals surface area contributed by atoms with Crippen molar-refractivity contribution in [3.63, 3.8) is 0 Å².